The number of carbonyl (C=O) groups excluding carboxylic acids is 1. The summed E-state index contributed by atoms with van der Waals surface area (Å²) in [6.45, 7) is 3.67. The number of fused-ring (bicyclic) bond motifs is 2. The van der Waals surface area contributed by atoms with Crippen LogP contribution < -0.4 is 10.1 Å². The number of benzene rings is 1. The van der Waals surface area contributed by atoms with Gasteiger partial charge < -0.3 is 15.0 Å². The highest BCUT2D eigenvalue weighted by Crippen LogP contribution is 2.35. The number of hydrogen-bond donors (Lipinski definition) is 3. The van der Waals surface area contributed by atoms with Crippen LogP contribution in [0.5, 0.6) is 5.75 Å². The molecule has 0 atom stereocenters. The van der Waals surface area contributed by atoms with E-state index < -0.39 is 5.82 Å². The summed E-state index contributed by atoms with van der Waals surface area (Å²) in [5, 5.41) is 12.0. The summed E-state index contributed by atoms with van der Waals surface area (Å²) in [7, 11) is 1.50. The van der Waals surface area contributed by atoms with Gasteiger partial charge in [-0.15, -0.1) is 0 Å². The second-order valence-electron chi connectivity index (χ2n) is 9.48. The van der Waals surface area contributed by atoms with Gasteiger partial charge in [0.05, 0.1) is 30.4 Å². The first-order chi connectivity index (χ1) is 18.9. The standard InChI is InChI=1S/C29H24FN7O2/c1-15(2)29(38)34-20-7-17(12-31-14-20)18-9-23-27(36-37-28(23)33-13-18)25-11-22-24(35-25)4-5-32-26(22)16-6-19(30)10-21(8-16)39-3/h4-15,35H,1-3H3,(H,34,38)(H,33,36,37). The van der Waals surface area contributed by atoms with Crippen molar-refractivity contribution in [2.75, 3.05) is 12.4 Å². The van der Waals surface area contributed by atoms with Crippen molar-refractivity contribution in [1.82, 2.24) is 30.1 Å². The second kappa shape index (κ2) is 9.64. The van der Waals surface area contributed by atoms with E-state index in [0.717, 1.165) is 33.1 Å². The van der Waals surface area contributed by atoms with E-state index in [1.54, 1.807) is 30.9 Å². The SMILES string of the molecule is COc1cc(F)cc(-c2nccc3[nH]c(-c4n[nH]c5ncc(-c6cncc(NC(=O)C(C)C)c6)cc45)cc23)c1. The van der Waals surface area contributed by atoms with Crippen LogP contribution in [0.2, 0.25) is 0 Å². The third kappa shape index (κ3) is 4.56. The number of aromatic nitrogens is 6. The highest BCUT2D eigenvalue weighted by Gasteiger charge is 2.17. The normalized spacial score (nSPS) is 11.4. The molecule has 5 heterocycles. The Balaban J connectivity index is 1.41. The second-order valence-corrected chi connectivity index (χ2v) is 9.48. The van der Waals surface area contributed by atoms with Crippen LogP contribution in [0.25, 0.3) is 55.7 Å². The first-order valence-corrected chi connectivity index (χ1v) is 12.3. The van der Waals surface area contributed by atoms with E-state index >= 15 is 0 Å². The molecule has 0 spiro atoms. The monoisotopic (exact) mass is 521 g/mol. The van der Waals surface area contributed by atoms with E-state index in [-0.39, 0.29) is 11.8 Å². The molecular weight excluding hydrogens is 497 g/mol. The number of H-pyrrole nitrogens is 2. The predicted molar refractivity (Wildman–Crippen MR) is 148 cm³/mol. The smallest absolute Gasteiger partial charge is 0.226 e. The average Bonchev–Trinajstić information content (AvgIpc) is 3.56. The number of carbonyl (C=O) groups is 1. The molecule has 6 aromatic rings. The van der Waals surface area contributed by atoms with Crippen molar-refractivity contribution in [3.63, 3.8) is 0 Å². The van der Waals surface area contributed by atoms with Gasteiger partial charge in [-0.1, -0.05) is 13.8 Å². The number of hydrogen-bond acceptors (Lipinski definition) is 6. The Kier molecular flexibility index (Phi) is 5.99. The number of anilines is 1. The highest BCUT2D eigenvalue weighted by molar-refractivity contribution is 6.00. The van der Waals surface area contributed by atoms with E-state index in [1.807, 2.05) is 38.1 Å². The lowest BCUT2D eigenvalue weighted by atomic mass is 10.1. The molecule has 0 aliphatic rings. The van der Waals surface area contributed by atoms with Gasteiger partial charge in [-0.05, 0) is 36.4 Å². The molecule has 0 saturated heterocycles. The Morgan fingerprint density at radius 3 is 2.62 bits per heavy atom. The Hall–Kier alpha value is -5.12. The fourth-order valence-corrected chi connectivity index (χ4v) is 4.45. The number of rotatable bonds is 6. The maximum atomic E-state index is 14.2. The van der Waals surface area contributed by atoms with Crippen molar-refractivity contribution in [3.05, 3.63) is 73.1 Å². The number of pyridine rings is 3. The highest BCUT2D eigenvalue weighted by atomic mass is 19.1. The van der Waals surface area contributed by atoms with Crippen LogP contribution in [0.4, 0.5) is 10.1 Å². The zero-order valence-electron chi connectivity index (χ0n) is 21.4. The molecule has 6 rings (SSSR count). The van der Waals surface area contributed by atoms with E-state index in [0.29, 0.717) is 34.0 Å². The molecule has 0 radical (unpaired) electrons. The minimum atomic E-state index is -0.404. The summed E-state index contributed by atoms with van der Waals surface area (Å²) < 4.78 is 19.5. The summed E-state index contributed by atoms with van der Waals surface area (Å²) in [6.07, 6.45) is 6.75. The van der Waals surface area contributed by atoms with E-state index in [1.165, 1.54) is 19.2 Å². The van der Waals surface area contributed by atoms with Gasteiger partial charge in [-0.2, -0.15) is 5.10 Å². The van der Waals surface area contributed by atoms with Crippen LogP contribution >= 0.6 is 0 Å². The number of methoxy groups -OCH3 is 1. The molecule has 9 nitrogen and oxygen atoms in total. The lowest BCUT2D eigenvalue weighted by molar-refractivity contribution is -0.118. The number of nitrogens with one attached hydrogen (secondary N) is 3. The van der Waals surface area contributed by atoms with E-state index in [2.05, 4.69) is 35.5 Å². The minimum Gasteiger partial charge on any atom is -0.497 e. The summed E-state index contributed by atoms with van der Waals surface area (Å²) in [5.41, 5.74) is 6.36. The summed E-state index contributed by atoms with van der Waals surface area (Å²) in [4.78, 5) is 28.9. The van der Waals surface area contributed by atoms with E-state index in [9.17, 15) is 9.18 Å². The van der Waals surface area contributed by atoms with Crippen LogP contribution in [0, 0.1) is 11.7 Å². The maximum Gasteiger partial charge on any atom is 0.226 e. The summed E-state index contributed by atoms with van der Waals surface area (Å²) >= 11 is 0. The molecule has 0 bridgehead atoms. The Morgan fingerprint density at radius 2 is 1.79 bits per heavy atom. The first kappa shape index (κ1) is 24.2. The van der Waals surface area contributed by atoms with Crippen LogP contribution in [-0.4, -0.2) is 43.2 Å². The molecule has 0 aliphatic carbocycles. The topological polar surface area (TPSA) is 121 Å². The zero-order chi connectivity index (χ0) is 27.1. The molecule has 0 unspecified atom stereocenters. The fourth-order valence-electron chi connectivity index (χ4n) is 4.45. The zero-order valence-corrected chi connectivity index (χ0v) is 21.4. The third-order valence-corrected chi connectivity index (χ3v) is 6.46. The van der Waals surface area contributed by atoms with Crippen molar-refractivity contribution < 1.29 is 13.9 Å². The van der Waals surface area contributed by atoms with Gasteiger partial charge in [0.15, 0.2) is 5.65 Å². The van der Waals surface area contributed by atoms with Crippen LogP contribution in [-0.2, 0) is 4.79 Å². The fraction of sp³-hybridized carbons (Fsp3) is 0.138. The quantitative estimate of drug-likeness (QED) is 0.248. The number of aromatic amines is 2. The molecule has 0 aliphatic heterocycles. The van der Waals surface area contributed by atoms with Crippen molar-refractivity contribution in [2.45, 2.75) is 13.8 Å². The van der Waals surface area contributed by atoms with Crippen LogP contribution in [0.1, 0.15) is 13.8 Å². The van der Waals surface area contributed by atoms with Gasteiger partial charge in [-0.25, -0.2) is 9.37 Å². The largest absolute Gasteiger partial charge is 0.497 e. The Morgan fingerprint density at radius 1 is 0.949 bits per heavy atom. The molecule has 194 valence electrons. The van der Waals surface area contributed by atoms with Gasteiger partial charge in [0.1, 0.15) is 17.3 Å². The predicted octanol–water partition coefficient (Wildman–Crippen LogP) is 5.97. The average molecular weight is 522 g/mol. The molecule has 3 N–H and O–H groups in total. The number of nitrogens with zero attached hydrogens (tertiary/aromatic N) is 4. The van der Waals surface area contributed by atoms with Crippen molar-refractivity contribution in [3.8, 4) is 39.5 Å². The molecule has 0 fully saturated rings. The summed E-state index contributed by atoms with van der Waals surface area (Å²) in [6, 6.07) is 12.2. The van der Waals surface area contributed by atoms with Gasteiger partial charge in [0.2, 0.25) is 5.91 Å². The van der Waals surface area contributed by atoms with Crippen molar-refractivity contribution in [2.24, 2.45) is 5.92 Å². The lowest BCUT2D eigenvalue weighted by Crippen LogP contribution is -2.17. The molecule has 1 aromatic carbocycles. The van der Waals surface area contributed by atoms with Gasteiger partial charge >= 0.3 is 0 Å². The first-order valence-electron chi connectivity index (χ1n) is 12.3. The molecule has 10 heteroatoms. The molecular formula is C29H24FN7O2. The Labute approximate surface area is 222 Å². The maximum absolute atomic E-state index is 14.2. The molecule has 5 aromatic heterocycles. The van der Waals surface area contributed by atoms with Gasteiger partial charge in [-0.3, -0.25) is 19.9 Å². The number of halogens is 1. The summed E-state index contributed by atoms with van der Waals surface area (Å²) in [5.74, 6) is -0.212. The number of ether oxygens (including phenoxy) is 1. The third-order valence-electron chi connectivity index (χ3n) is 6.46. The number of amides is 1. The van der Waals surface area contributed by atoms with Gasteiger partial charge in [0.25, 0.3) is 0 Å². The Bertz CT molecular complexity index is 1860. The van der Waals surface area contributed by atoms with Gasteiger partial charge in [0, 0.05) is 63.6 Å². The van der Waals surface area contributed by atoms with Crippen molar-refractivity contribution >= 4 is 33.5 Å². The molecule has 1 amide bonds. The molecule has 39 heavy (non-hydrogen) atoms. The molecule has 0 saturated carbocycles. The van der Waals surface area contributed by atoms with E-state index in [4.69, 9.17) is 4.74 Å². The van der Waals surface area contributed by atoms with Crippen LogP contribution in [0.3, 0.4) is 0 Å². The van der Waals surface area contributed by atoms with Crippen LogP contribution in [0.15, 0.2) is 67.3 Å². The lowest BCUT2D eigenvalue weighted by Gasteiger charge is -2.09. The minimum absolute atomic E-state index is 0.0796. The van der Waals surface area contributed by atoms with Crippen molar-refractivity contribution in [1.29, 1.82) is 0 Å².